The SMILES string of the molecule is Cc1cc(C2=C(c3ccc(Cl)cc3)[C@H]3[C@@H]4CC[C@@H](C4)[C@H]3C2=O)cc(=O)o1. The molecule has 2 fully saturated rings. The number of allylic oxidation sites excluding steroid dienone is 2. The van der Waals surface area contributed by atoms with E-state index < -0.39 is 5.63 Å². The summed E-state index contributed by atoms with van der Waals surface area (Å²) in [4.78, 5) is 25.4. The summed E-state index contributed by atoms with van der Waals surface area (Å²) < 4.78 is 5.11. The molecule has 1 heterocycles. The Morgan fingerprint density at radius 1 is 0.962 bits per heavy atom. The van der Waals surface area contributed by atoms with Gasteiger partial charge in [0.1, 0.15) is 5.76 Å². The number of hydrogen-bond acceptors (Lipinski definition) is 3. The first-order valence-electron chi connectivity index (χ1n) is 9.19. The fourth-order valence-corrected chi connectivity index (χ4v) is 5.69. The van der Waals surface area contributed by atoms with Crippen LogP contribution in [0.1, 0.15) is 36.1 Å². The minimum absolute atomic E-state index is 0.0713. The average Bonchev–Trinajstić information content (AvgIpc) is 3.27. The van der Waals surface area contributed by atoms with Gasteiger partial charge in [0.05, 0.1) is 0 Å². The summed E-state index contributed by atoms with van der Waals surface area (Å²) >= 11 is 6.08. The molecule has 3 aliphatic carbocycles. The Balaban J connectivity index is 1.76. The van der Waals surface area contributed by atoms with Crippen LogP contribution in [-0.4, -0.2) is 5.78 Å². The Labute approximate surface area is 156 Å². The largest absolute Gasteiger partial charge is 0.428 e. The highest BCUT2D eigenvalue weighted by atomic mass is 35.5. The zero-order valence-corrected chi connectivity index (χ0v) is 15.3. The number of halogens is 1. The highest BCUT2D eigenvalue weighted by Gasteiger charge is 2.57. The van der Waals surface area contributed by atoms with Gasteiger partial charge >= 0.3 is 5.63 Å². The van der Waals surface area contributed by atoms with E-state index in [4.69, 9.17) is 16.0 Å². The third-order valence-electron chi connectivity index (χ3n) is 6.41. The maximum Gasteiger partial charge on any atom is 0.336 e. The number of benzene rings is 1. The van der Waals surface area contributed by atoms with Crippen LogP contribution < -0.4 is 5.63 Å². The first-order chi connectivity index (χ1) is 12.5. The lowest BCUT2D eigenvalue weighted by atomic mass is 9.77. The molecule has 1 aromatic carbocycles. The van der Waals surface area contributed by atoms with Gasteiger partial charge in [0, 0.05) is 22.6 Å². The van der Waals surface area contributed by atoms with Gasteiger partial charge in [-0.15, -0.1) is 0 Å². The number of ketones is 1. The smallest absolute Gasteiger partial charge is 0.336 e. The second-order valence-electron chi connectivity index (χ2n) is 7.82. The lowest BCUT2D eigenvalue weighted by molar-refractivity contribution is -0.118. The molecule has 0 amide bonds. The molecule has 132 valence electrons. The van der Waals surface area contributed by atoms with Crippen LogP contribution in [0.3, 0.4) is 0 Å². The number of carbonyl (C=O) groups is 1. The quantitative estimate of drug-likeness (QED) is 0.770. The normalized spacial score (nSPS) is 29.5. The van der Waals surface area contributed by atoms with Gasteiger partial charge < -0.3 is 4.42 Å². The van der Waals surface area contributed by atoms with Crippen molar-refractivity contribution in [3.63, 3.8) is 0 Å². The van der Waals surface area contributed by atoms with Crippen molar-refractivity contribution in [3.8, 4) is 0 Å². The molecular weight excluding hydrogens is 348 g/mol. The summed E-state index contributed by atoms with van der Waals surface area (Å²) in [6.07, 6.45) is 3.50. The van der Waals surface area contributed by atoms with Gasteiger partial charge in [0.25, 0.3) is 0 Å². The molecule has 0 unspecified atom stereocenters. The van der Waals surface area contributed by atoms with Crippen molar-refractivity contribution in [1.29, 1.82) is 0 Å². The van der Waals surface area contributed by atoms with Gasteiger partial charge in [-0.25, -0.2) is 4.79 Å². The maximum absolute atomic E-state index is 13.4. The second kappa shape index (κ2) is 5.68. The number of Topliss-reactive ketones (excluding diaryl/α,β-unsaturated/α-hetero) is 1. The monoisotopic (exact) mass is 366 g/mol. The van der Waals surface area contributed by atoms with E-state index in [9.17, 15) is 9.59 Å². The Hall–Kier alpha value is -2.13. The first kappa shape index (κ1) is 16.1. The molecule has 1 aromatic heterocycles. The van der Waals surface area contributed by atoms with Crippen LogP contribution in [0.25, 0.3) is 11.1 Å². The van der Waals surface area contributed by atoms with Crippen LogP contribution in [0.2, 0.25) is 5.02 Å². The van der Waals surface area contributed by atoms with Gasteiger partial charge in [-0.05, 0) is 78.8 Å². The van der Waals surface area contributed by atoms with Gasteiger partial charge in [-0.3, -0.25) is 4.79 Å². The third-order valence-corrected chi connectivity index (χ3v) is 6.66. The Kier molecular flexibility index (Phi) is 3.51. The van der Waals surface area contributed by atoms with Crippen molar-refractivity contribution in [3.05, 3.63) is 68.7 Å². The molecule has 5 rings (SSSR count). The number of fused-ring (bicyclic) bond motifs is 5. The number of carbonyl (C=O) groups excluding carboxylic acids is 1. The molecule has 0 aliphatic heterocycles. The van der Waals surface area contributed by atoms with E-state index in [2.05, 4.69) is 0 Å². The summed E-state index contributed by atoms with van der Waals surface area (Å²) in [5.74, 6) is 2.13. The highest BCUT2D eigenvalue weighted by Crippen LogP contribution is 2.62. The Bertz CT molecular complexity index is 999. The molecule has 2 bridgehead atoms. The summed E-state index contributed by atoms with van der Waals surface area (Å²) in [5, 5.41) is 0.681. The Morgan fingerprint density at radius 2 is 1.65 bits per heavy atom. The molecule has 0 N–H and O–H groups in total. The van der Waals surface area contributed by atoms with Crippen molar-refractivity contribution in [1.82, 2.24) is 0 Å². The van der Waals surface area contributed by atoms with Crippen molar-refractivity contribution in [2.24, 2.45) is 23.7 Å². The fourth-order valence-electron chi connectivity index (χ4n) is 5.56. The van der Waals surface area contributed by atoms with Crippen molar-refractivity contribution < 1.29 is 9.21 Å². The number of aryl methyl sites for hydroxylation is 1. The van der Waals surface area contributed by atoms with Gasteiger partial charge in [0.2, 0.25) is 0 Å². The minimum Gasteiger partial charge on any atom is -0.428 e. The second-order valence-corrected chi connectivity index (χ2v) is 8.26. The molecule has 0 spiro atoms. The molecule has 26 heavy (non-hydrogen) atoms. The zero-order valence-electron chi connectivity index (χ0n) is 14.5. The predicted molar refractivity (Wildman–Crippen MR) is 101 cm³/mol. The minimum atomic E-state index is -0.407. The fraction of sp³-hybridized carbons (Fsp3) is 0.364. The molecule has 3 nitrogen and oxygen atoms in total. The number of hydrogen-bond donors (Lipinski definition) is 0. The Morgan fingerprint density at radius 3 is 2.35 bits per heavy atom. The third kappa shape index (κ3) is 2.26. The summed E-state index contributed by atoms with van der Waals surface area (Å²) in [7, 11) is 0. The molecule has 4 atom stereocenters. The zero-order chi connectivity index (χ0) is 18.0. The van der Waals surface area contributed by atoms with Crippen LogP contribution in [0, 0.1) is 30.6 Å². The molecule has 2 aromatic rings. The van der Waals surface area contributed by atoms with E-state index in [1.165, 1.54) is 12.5 Å². The topological polar surface area (TPSA) is 47.3 Å². The lowest BCUT2D eigenvalue weighted by Gasteiger charge is -2.26. The standard InChI is InChI=1S/C22H19ClO3/c1-11-8-15(10-17(24)26-11)21-18(12-4-6-16(23)7-5-12)19-13-2-3-14(9-13)20(19)22(21)25/h4-8,10,13-14,19-20H,2-3,9H2,1H3/t13-,14+,19-,20-/m1/s1. The van der Waals surface area contributed by atoms with Crippen LogP contribution in [0.15, 0.2) is 45.6 Å². The molecule has 3 aliphatic rings. The van der Waals surface area contributed by atoms with Crippen LogP contribution >= 0.6 is 11.6 Å². The first-order valence-corrected chi connectivity index (χ1v) is 9.57. The summed E-state index contributed by atoms with van der Waals surface area (Å²) in [6, 6.07) is 11.0. The van der Waals surface area contributed by atoms with Crippen LogP contribution in [0.5, 0.6) is 0 Å². The molecule has 0 saturated heterocycles. The van der Waals surface area contributed by atoms with Crippen molar-refractivity contribution >= 4 is 28.5 Å². The summed E-state index contributed by atoms with van der Waals surface area (Å²) in [6.45, 7) is 1.75. The van der Waals surface area contributed by atoms with Gasteiger partial charge in [-0.1, -0.05) is 23.7 Å². The predicted octanol–water partition coefficient (Wildman–Crippen LogP) is 4.76. The van der Waals surface area contributed by atoms with Crippen LogP contribution in [-0.2, 0) is 4.79 Å². The van der Waals surface area contributed by atoms with E-state index in [1.54, 1.807) is 6.92 Å². The van der Waals surface area contributed by atoms with Crippen LogP contribution in [0.4, 0.5) is 0 Å². The molecule has 4 heteroatoms. The van der Waals surface area contributed by atoms with Crippen molar-refractivity contribution in [2.45, 2.75) is 26.2 Å². The molecule has 2 saturated carbocycles. The van der Waals surface area contributed by atoms with E-state index in [0.717, 1.165) is 29.6 Å². The average molecular weight is 367 g/mol. The number of rotatable bonds is 2. The van der Waals surface area contributed by atoms with Gasteiger partial charge in [0.15, 0.2) is 5.78 Å². The van der Waals surface area contributed by atoms with E-state index in [0.29, 0.717) is 28.2 Å². The summed E-state index contributed by atoms with van der Waals surface area (Å²) in [5.41, 5.74) is 3.16. The van der Waals surface area contributed by atoms with E-state index in [1.807, 2.05) is 30.3 Å². The van der Waals surface area contributed by atoms with E-state index in [-0.39, 0.29) is 17.6 Å². The molecular formula is C22H19ClO3. The van der Waals surface area contributed by atoms with Crippen molar-refractivity contribution in [2.75, 3.05) is 0 Å². The lowest BCUT2D eigenvalue weighted by Crippen LogP contribution is -2.24. The van der Waals surface area contributed by atoms with E-state index >= 15 is 0 Å². The molecule has 0 radical (unpaired) electrons. The van der Waals surface area contributed by atoms with Gasteiger partial charge in [-0.2, -0.15) is 0 Å². The maximum atomic E-state index is 13.4. The highest BCUT2D eigenvalue weighted by molar-refractivity contribution is 6.33.